The summed E-state index contributed by atoms with van der Waals surface area (Å²) < 4.78 is 0. The minimum atomic E-state index is -0.440. The molecule has 98 valence electrons. The lowest BCUT2D eigenvalue weighted by atomic mass is 10.3. The first-order valence-electron chi connectivity index (χ1n) is 5.43. The van der Waals surface area contributed by atoms with Crippen LogP contribution in [-0.2, 0) is 0 Å². The van der Waals surface area contributed by atoms with Crippen LogP contribution in [0.25, 0.3) is 0 Å². The predicted octanol–water partition coefficient (Wildman–Crippen LogP) is 1.44. The molecule has 6 nitrogen and oxygen atoms in total. The summed E-state index contributed by atoms with van der Waals surface area (Å²) in [6.07, 6.45) is 0. The fourth-order valence-electron chi connectivity index (χ4n) is 1.30. The molecule has 1 aromatic carbocycles. The van der Waals surface area contributed by atoms with Crippen LogP contribution < -0.4 is 10.6 Å². The predicted molar refractivity (Wildman–Crippen MR) is 75.9 cm³/mol. The maximum atomic E-state index is 10.8. The Morgan fingerprint density at radius 2 is 2.11 bits per heavy atom. The number of nitrogens with zero attached hydrogens (tertiary/aromatic N) is 2. The van der Waals surface area contributed by atoms with Gasteiger partial charge in [0.2, 0.25) is 0 Å². The van der Waals surface area contributed by atoms with Crippen molar-refractivity contribution in [1.29, 1.82) is 0 Å². The third-order valence-electron chi connectivity index (χ3n) is 2.19. The van der Waals surface area contributed by atoms with E-state index in [9.17, 15) is 10.1 Å². The van der Waals surface area contributed by atoms with Crippen molar-refractivity contribution in [3.63, 3.8) is 0 Å². The molecule has 0 aromatic heterocycles. The molecule has 0 radical (unpaired) electrons. The van der Waals surface area contributed by atoms with Crippen LogP contribution in [0.15, 0.2) is 24.3 Å². The van der Waals surface area contributed by atoms with Crippen LogP contribution >= 0.6 is 12.2 Å². The topological polar surface area (TPSA) is 70.4 Å². The molecule has 0 bridgehead atoms. The van der Waals surface area contributed by atoms with Crippen molar-refractivity contribution in [3.8, 4) is 0 Å². The van der Waals surface area contributed by atoms with Gasteiger partial charge in [0.25, 0.3) is 5.69 Å². The first-order chi connectivity index (χ1) is 8.50. The van der Waals surface area contributed by atoms with E-state index in [4.69, 9.17) is 12.2 Å². The lowest BCUT2D eigenvalue weighted by Gasteiger charge is -2.13. The largest absolute Gasteiger partial charge is 0.361 e. The van der Waals surface area contributed by atoms with Gasteiger partial charge in [0.05, 0.1) is 4.92 Å². The highest BCUT2D eigenvalue weighted by Crippen LogP contribution is 2.22. The molecule has 0 fully saturated rings. The number of rotatable bonds is 5. The molecule has 2 N–H and O–H groups in total. The van der Waals surface area contributed by atoms with E-state index in [1.165, 1.54) is 6.07 Å². The minimum Gasteiger partial charge on any atom is -0.361 e. The quantitative estimate of drug-likeness (QED) is 0.478. The number of nitrogens with one attached hydrogen (secondary N) is 2. The van der Waals surface area contributed by atoms with E-state index in [0.29, 0.717) is 17.3 Å². The van der Waals surface area contributed by atoms with Gasteiger partial charge in [-0.25, -0.2) is 0 Å². The van der Waals surface area contributed by atoms with Gasteiger partial charge in [-0.05, 0) is 32.4 Å². The SMILES string of the molecule is CN(C)CCNC(=S)Nc1ccccc1[N+](=O)[O-]. The molecule has 18 heavy (non-hydrogen) atoms. The van der Waals surface area contributed by atoms with Crippen molar-refractivity contribution >= 4 is 28.7 Å². The third-order valence-corrected chi connectivity index (χ3v) is 2.44. The van der Waals surface area contributed by atoms with Gasteiger partial charge < -0.3 is 15.5 Å². The van der Waals surface area contributed by atoms with Gasteiger partial charge in [0.1, 0.15) is 5.69 Å². The van der Waals surface area contributed by atoms with Crippen molar-refractivity contribution in [1.82, 2.24) is 10.2 Å². The molecule has 0 atom stereocenters. The number of thiocarbonyl (C=S) groups is 1. The van der Waals surface area contributed by atoms with Gasteiger partial charge in [-0.1, -0.05) is 12.1 Å². The van der Waals surface area contributed by atoms with Gasteiger partial charge >= 0.3 is 0 Å². The standard InChI is InChI=1S/C11H16N4O2S/c1-14(2)8-7-12-11(18)13-9-5-3-4-6-10(9)15(16)17/h3-6H,7-8H2,1-2H3,(H2,12,13,18). The Morgan fingerprint density at radius 3 is 2.72 bits per heavy atom. The van der Waals surface area contributed by atoms with Crippen molar-refractivity contribution in [2.24, 2.45) is 0 Å². The zero-order valence-corrected chi connectivity index (χ0v) is 11.2. The molecule has 0 saturated carbocycles. The number of anilines is 1. The Bertz CT molecular complexity index is 437. The molecule has 1 aromatic rings. The molecule has 0 spiro atoms. The molecule has 0 aliphatic rings. The monoisotopic (exact) mass is 268 g/mol. The molecule has 1 rings (SSSR count). The second kappa shape index (κ2) is 6.87. The zero-order valence-electron chi connectivity index (χ0n) is 10.3. The van der Waals surface area contributed by atoms with Crippen LogP contribution in [0.4, 0.5) is 11.4 Å². The summed E-state index contributed by atoms with van der Waals surface area (Å²) >= 11 is 5.07. The number of hydrogen-bond acceptors (Lipinski definition) is 4. The summed E-state index contributed by atoms with van der Waals surface area (Å²) in [4.78, 5) is 12.4. The van der Waals surface area contributed by atoms with E-state index in [0.717, 1.165) is 6.54 Å². The average Bonchev–Trinajstić information content (AvgIpc) is 2.28. The van der Waals surface area contributed by atoms with E-state index in [1.807, 2.05) is 19.0 Å². The van der Waals surface area contributed by atoms with E-state index in [1.54, 1.807) is 18.2 Å². The van der Waals surface area contributed by atoms with Crippen molar-refractivity contribution in [2.75, 3.05) is 32.5 Å². The van der Waals surface area contributed by atoms with Crippen LogP contribution in [-0.4, -0.2) is 42.1 Å². The van der Waals surface area contributed by atoms with E-state index in [2.05, 4.69) is 10.6 Å². The summed E-state index contributed by atoms with van der Waals surface area (Å²) in [5.41, 5.74) is 0.402. The fourth-order valence-corrected chi connectivity index (χ4v) is 1.51. The molecule has 0 amide bonds. The number of hydrogen-bond donors (Lipinski definition) is 2. The Kier molecular flexibility index (Phi) is 5.47. The van der Waals surface area contributed by atoms with Gasteiger partial charge in [0, 0.05) is 19.2 Å². The number of nitro groups is 1. The minimum absolute atomic E-state index is 0.00857. The molecule has 7 heteroatoms. The van der Waals surface area contributed by atoms with Crippen molar-refractivity contribution in [2.45, 2.75) is 0 Å². The summed E-state index contributed by atoms with van der Waals surface area (Å²) in [5.74, 6) is 0. The molecule has 0 heterocycles. The molecule has 0 aliphatic heterocycles. The summed E-state index contributed by atoms with van der Waals surface area (Å²) in [7, 11) is 3.92. The Labute approximate surface area is 111 Å². The fraction of sp³-hybridized carbons (Fsp3) is 0.364. The van der Waals surface area contributed by atoms with E-state index >= 15 is 0 Å². The lowest BCUT2D eigenvalue weighted by Crippen LogP contribution is -2.34. The second-order valence-corrected chi connectivity index (χ2v) is 4.37. The van der Waals surface area contributed by atoms with Crippen molar-refractivity contribution in [3.05, 3.63) is 34.4 Å². The highest BCUT2D eigenvalue weighted by atomic mass is 32.1. The Balaban J connectivity index is 2.56. The highest BCUT2D eigenvalue weighted by molar-refractivity contribution is 7.80. The van der Waals surface area contributed by atoms with Gasteiger partial charge in [-0.2, -0.15) is 0 Å². The molecule has 0 saturated heterocycles. The Hall–Kier alpha value is -1.73. The van der Waals surface area contributed by atoms with Crippen LogP contribution in [0.3, 0.4) is 0 Å². The summed E-state index contributed by atoms with van der Waals surface area (Å²) in [6, 6.07) is 6.40. The summed E-state index contributed by atoms with van der Waals surface area (Å²) in [5, 5.41) is 17.0. The first kappa shape index (κ1) is 14.3. The number of likely N-dealkylation sites (N-methyl/N-ethyl adjacent to an activating group) is 1. The maximum absolute atomic E-state index is 10.8. The highest BCUT2D eigenvalue weighted by Gasteiger charge is 2.12. The first-order valence-corrected chi connectivity index (χ1v) is 5.84. The zero-order chi connectivity index (χ0) is 13.5. The summed E-state index contributed by atoms with van der Waals surface area (Å²) in [6.45, 7) is 1.51. The maximum Gasteiger partial charge on any atom is 0.292 e. The molecule has 0 aliphatic carbocycles. The smallest absolute Gasteiger partial charge is 0.292 e. The normalized spacial score (nSPS) is 10.2. The van der Waals surface area contributed by atoms with Crippen LogP contribution in [0, 0.1) is 10.1 Å². The third kappa shape index (κ3) is 4.64. The molecular weight excluding hydrogens is 252 g/mol. The van der Waals surface area contributed by atoms with Gasteiger partial charge in [-0.15, -0.1) is 0 Å². The molecular formula is C11H16N4O2S. The van der Waals surface area contributed by atoms with Gasteiger partial charge in [0.15, 0.2) is 5.11 Å². The second-order valence-electron chi connectivity index (χ2n) is 3.96. The van der Waals surface area contributed by atoms with E-state index < -0.39 is 4.92 Å². The van der Waals surface area contributed by atoms with Crippen LogP contribution in [0.2, 0.25) is 0 Å². The average molecular weight is 268 g/mol. The lowest BCUT2D eigenvalue weighted by molar-refractivity contribution is -0.383. The van der Waals surface area contributed by atoms with Gasteiger partial charge in [-0.3, -0.25) is 10.1 Å². The number of para-hydroxylation sites is 2. The Morgan fingerprint density at radius 1 is 1.44 bits per heavy atom. The number of nitro benzene ring substituents is 1. The van der Waals surface area contributed by atoms with Crippen LogP contribution in [0.5, 0.6) is 0 Å². The number of benzene rings is 1. The van der Waals surface area contributed by atoms with Crippen LogP contribution in [0.1, 0.15) is 0 Å². The van der Waals surface area contributed by atoms with E-state index in [-0.39, 0.29) is 5.69 Å². The van der Waals surface area contributed by atoms with Crippen molar-refractivity contribution < 1.29 is 4.92 Å². The molecule has 0 unspecified atom stereocenters.